The van der Waals surface area contributed by atoms with Crippen LogP contribution in [0.15, 0.2) is 12.1 Å². The van der Waals surface area contributed by atoms with Crippen molar-refractivity contribution in [3.05, 3.63) is 23.3 Å². The first kappa shape index (κ1) is 13.8. The standard InChI is InChI=1S/C13H20O4/c1-6-10-11(14-2)7-9(8-12(10)15-3)13(16-4)17-5/h7-8,13H,6H2,1-5H3. The fraction of sp³-hybridized carbons (Fsp3) is 0.538. The zero-order valence-electron chi connectivity index (χ0n) is 11.1. The molecule has 0 unspecified atom stereocenters. The van der Waals surface area contributed by atoms with Crippen molar-refractivity contribution in [1.29, 1.82) is 0 Å². The predicted octanol–water partition coefficient (Wildman–Crippen LogP) is 2.56. The van der Waals surface area contributed by atoms with Crippen molar-refractivity contribution >= 4 is 0 Å². The first-order chi connectivity index (χ1) is 8.21. The van der Waals surface area contributed by atoms with E-state index in [1.807, 2.05) is 12.1 Å². The minimum Gasteiger partial charge on any atom is -0.496 e. The average molecular weight is 240 g/mol. The van der Waals surface area contributed by atoms with Crippen molar-refractivity contribution in [2.24, 2.45) is 0 Å². The Morgan fingerprint density at radius 1 is 0.941 bits per heavy atom. The van der Waals surface area contributed by atoms with Gasteiger partial charge in [0, 0.05) is 25.3 Å². The number of hydrogen-bond acceptors (Lipinski definition) is 4. The zero-order valence-corrected chi connectivity index (χ0v) is 11.1. The van der Waals surface area contributed by atoms with E-state index in [0.29, 0.717) is 0 Å². The first-order valence-electron chi connectivity index (χ1n) is 5.52. The van der Waals surface area contributed by atoms with Crippen molar-refractivity contribution in [2.75, 3.05) is 28.4 Å². The molecule has 0 aromatic heterocycles. The molecule has 0 fully saturated rings. The van der Waals surface area contributed by atoms with Crippen LogP contribution in [0, 0.1) is 0 Å². The van der Waals surface area contributed by atoms with Gasteiger partial charge < -0.3 is 18.9 Å². The second-order valence-electron chi connectivity index (χ2n) is 3.56. The van der Waals surface area contributed by atoms with E-state index >= 15 is 0 Å². The molecule has 0 aliphatic rings. The number of benzene rings is 1. The number of rotatable bonds is 6. The monoisotopic (exact) mass is 240 g/mol. The van der Waals surface area contributed by atoms with Crippen molar-refractivity contribution < 1.29 is 18.9 Å². The van der Waals surface area contributed by atoms with Crippen molar-refractivity contribution in [1.82, 2.24) is 0 Å². The first-order valence-corrected chi connectivity index (χ1v) is 5.52. The highest BCUT2D eigenvalue weighted by Gasteiger charge is 2.16. The number of methoxy groups -OCH3 is 4. The summed E-state index contributed by atoms with van der Waals surface area (Å²) in [4.78, 5) is 0. The molecule has 96 valence electrons. The van der Waals surface area contributed by atoms with Crippen LogP contribution in [-0.2, 0) is 15.9 Å². The van der Waals surface area contributed by atoms with E-state index < -0.39 is 6.29 Å². The molecule has 1 aromatic rings. The SMILES string of the molecule is CCc1c(OC)cc(C(OC)OC)cc1OC. The zero-order chi connectivity index (χ0) is 12.8. The van der Waals surface area contributed by atoms with Crippen LogP contribution in [0.5, 0.6) is 11.5 Å². The summed E-state index contributed by atoms with van der Waals surface area (Å²) < 4.78 is 21.2. The Bertz CT molecular complexity index is 333. The van der Waals surface area contributed by atoms with Gasteiger partial charge in [-0.15, -0.1) is 0 Å². The summed E-state index contributed by atoms with van der Waals surface area (Å²) in [7, 11) is 6.49. The summed E-state index contributed by atoms with van der Waals surface area (Å²) in [6, 6.07) is 3.83. The second kappa shape index (κ2) is 6.47. The van der Waals surface area contributed by atoms with Gasteiger partial charge >= 0.3 is 0 Å². The van der Waals surface area contributed by atoms with Crippen molar-refractivity contribution in [3.8, 4) is 11.5 Å². The van der Waals surface area contributed by atoms with Gasteiger partial charge in [0.15, 0.2) is 6.29 Å². The normalized spacial score (nSPS) is 10.7. The summed E-state index contributed by atoms with van der Waals surface area (Å²) in [6.07, 6.45) is 0.431. The Hall–Kier alpha value is -1.26. The minimum atomic E-state index is -0.413. The molecule has 0 saturated carbocycles. The summed E-state index contributed by atoms with van der Waals surface area (Å²) in [5.74, 6) is 1.59. The third kappa shape index (κ3) is 2.90. The fourth-order valence-corrected chi connectivity index (χ4v) is 1.86. The maximum Gasteiger partial charge on any atom is 0.183 e. The molecule has 1 aromatic carbocycles. The smallest absolute Gasteiger partial charge is 0.183 e. The second-order valence-corrected chi connectivity index (χ2v) is 3.56. The Labute approximate surface area is 102 Å². The van der Waals surface area contributed by atoms with E-state index in [4.69, 9.17) is 18.9 Å². The molecule has 4 nitrogen and oxygen atoms in total. The lowest BCUT2D eigenvalue weighted by Gasteiger charge is -2.18. The number of ether oxygens (including phenoxy) is 4. The molecule has 0 aliphatic heterocycles. The van der Waals surface area contributed by atoms with E-state index in [-0.39, 0.29) is 0 Å². The van der Waals surface area contributed by atoms with E-state index in [1.165, 1.54) is 0 Å². The van der Waals surface area contributed by atoms with Crippen molar-refractivity contribution in [3.63, 3.8) is 0 Å². The van der Waals surface area contributed by atoms with Gasteiger partial charge in [0.25, 0.3) is 0 Å². The van der Waals surface area contributed by atoms with Crippen LogP contribution in [0.4, 0.5) is 0 Å². The summed E-state index contributed by atoms with van der Waals surface area (Å²) in [5, 5.41) is 0. The van der Waals surface area contributed by atoms with Crippen LogP contribution in [0.2, 0.25) is 0 Å². The molecule has 0 heterocycles. The van der Waals surface area contributed by atoms with Gasteiger partial charge in [-0.2, -0.15) is 0 Å². The fourth-order valence-electron chi connectivity index (χ4n) is 1.86. The molecule has 4 heteroatoms. The highest BCUT2D eigenvalue weighted by atomic mass is 16.7. The van der Waals surface area contributed by atoms with Gasteiger partial charge in [-0.25, -0.2) is 0 Å². The van der Waals surface area contributed by atoms with E-state index in [9.17, 15) is 0 Å². The molecule has 0 aliphatic carbocycles. The Kier molecular flexibility index (Phi) is 5.25. The van der Waals surface area contributed by atoms with Gasteiger partial charge in [-0.3, -0.25) is 0 Å². The predicted molar refractivity (Wildman–Crippen MR) is 65.7 cm³/mol. The Morgan fingerprint density at radius 2 is 1.41 bits per heavy atom. The lowest BCUT2D eigenvalue weighted by atomic mass is 10.1. The molecular weight excluding hydrogens is 220 g/mol. The molecule has 0 N–H and O–H groups in total. The van der Waals surface area contributed by atoms with Crippen LogP contribution in [0.3, 0.4) is 0 Å². The molecule has 0 bridgehead atoms. The third-order valence-electron chi connectivity index (χ3n) is 2.68. The summed E-state index contributed by atoms with van der Waals surface area (Å²) in [6.45, 7) is 2.06. The highest BCUT2D eigenvalue weighted by Crippen LogP contribution is 2.34. The Balaban J connectivity index is 3.26. The highest BCUT2D eigenvalue weighted by molar-refractivity contribution is 5.48. The largest absolute Gasteiger partial charge is 0.496 e. The van der Waals surface area contributed by atoms with E-state index in [2.05, 4.69) is 6.92 Å². The quantitative estimate of drug-likeness (QED) is 0.716. The maximum atomic E-state index is 5.37. The molecule has 0 spiro atoms. The van der Waals surface area contributed by atoms with Crippen LogP contribution >= 0.6 is 0 Å². The van der Waals surface area contributed by atoms with E-state index in [0.717, 1.165) is 29.0 Å². The average Bonchev–Trinajstić information content (AvgIpc) is 2.38. The molecule has 0 amide bonds. The molecule has 0 atom stereocenters. The van der Waals surface area contributed by atoms with Gasteiger partial charge in [0.2, 0.25) is 0 Å². The molecular formula is C13H20O4. The maximum absolute atomic E-state index is 5.37. The van der Waals surface area contributed by atoms with Gasteiger partial charge in [0.05, 0.1) is 14.2 Å². The van der Waals surface area contributed by atoms with Crippen molar-refractivity contribution in [2.45, 2.75) is 19.6 Å². The van der Waals surface area contributed by atoms with Crippen LogP contribution in [0.1, 0.15) is 24.3 Å². The van der Waals surface area contributed by atoms with Gasteiger partial charge in [-0.05, 0) is 18.6 Å². The van der Waals surface area contributed by atoms with Crippen LogP contribution < -0.4 is 9.47 Å². The van der Waals surface area contributed by atoms with E-state index in [1.54, 1.807) is 28.4 Å². The Morgan fingerprint density at radius 3 is 1.71 bits per heavy atom. The lowest BCUT2D eigenvalue weighted by Crippen LogP contribution is -2.06. The molecule has 1 rings (SSSR count). The third-order valence-corrected chi connectivity index (χ3v) is 2.68. The lowest BCUT2D eigenvalue weighted by molar-refractivity contribution is -0.106. The van der Waals surface area contributed by atoms with Crippen LogP contribution in [0.25, 0.3) is 0 Å². The summed E-state index contributed by atoms with van der Waals surface area (Å²) >= 11 is 0. The molecule has 17 heavy (non-hydrogen) atoms. The van der Waals surface area contributed by atoms with Crippen LogP contribution in [-0.4, -0.2) is 28.4 Å². The number of hydrogen-bond donors (Lipinski definition) is 0. The summed E-state index contributed by atoms with van der Waals surface area (Å²) in [5.41, 5.74) is 1.92. The molecule has 0 saturated heterocycles. The molecule has 0 radical (unpaired) electrons. The van der Waals surface area contributed by atoms with Gasteiger partial charge in [-0.1, -0.05) is 6.92 Å². The minimum absolute atomic E-state index is 0.413. The van der Waals surface area contributed by atoms with Gasteiger partial charge in [0.1, 0.15) is 11.5 Å². The topological polar surface area (TPSA) is 36.9 Å².